The number of hydrogen-bond donors (Lipinski definition) is 3. The lowest BCUT2D eigenvalue weighted by Crippen LogP contribution is -2.66. The maximum absolute atomic E-state index is 12.5. The summed E-state index contributed by atoms with van der Waals surface area (Å²) in [6.45, 7) is 9.27. The maximum Gasteiger partial charge on any atom is 0.342 e. The molecule has 2 aliphatic heterocycles. The number of carbonyl (C=O) groups excluding carboxylic acids is 1. The third-order valence-electron chi connectivity index (χ3n) is 8.25. The number of methoxy groups -OCH3 is 1. The van der Waals surface area contributed by atoms with Gasteiger partial charge in [0.25, 0.3) is 0 Å². The van der Waals surface area contributed by atoms with Crippen LogP contribution in [0.25, 0.3) is 0 Å². The van der Waals surface area contributed by atoms with Gasteiger partial charge in [0.1, 0.15) is 29.3 Å². The molecule has 0 spiro atoms. The molecule has 1 saturated carbocycles. The van der Waals surface area contributed by atoms with Gasteiger partial charge < -0.3 is 29.5 Å². The zero-order valence-corrected chi connectivity index (χ0v) is 20.2. The average Bonchev–Trinajstić information content (AvgIpc) is 3.07. The van der Waals surface area contributed by atoms with Crippen LogP contribution >= 0.6 is 0 Å². The van der Waals surface area contributed by atoms with Crippen LogP contribution in [0.3, 0.4) is 0 Å². The fourth-order valence-electron chi connectivity index (χ4n) is 7.11. The molecule has 4 rings (SSSR count). The van der Waals surface area contributed by atoms with Crippen LogP contribution in [0.2, 0.25) is 0 Å². The number of rotatable bonds is 5. The Bertz CT molecular complexity index is 1010. The highest BCUT2D eigenvalue weighted by Gasteiger charge is 2.63. The van der Waals surface area contributed by atoms with Gasteiger partial charge in [-0.05, 0) is 51.5 Å². The van der Waals surface area contributed by atoms with E-state index in [0.29, 0.717) is 29.9 Å². The van der Waals surface area contributed by atoms with Crippen molar-refractivity contribution in [3.05, 3.63) is 22.3 Å². The van der Waals surface area contributed by atoms with Gasteiger partial charge >= 0.3 is 11.9 Å². The Kier molecular flexibility index (Phi) is 5.49. The van der Waals surface area contributed by atoms with Crippen molar-refractivity contribution >= 4 is 11.9 Å². The molecular weight excluding hydrogens is 428 g/mol. The Morgan fingerprint density at radius 1 is 1.27 bits per heavy atom. The molecule has 3 aliphatic rings. The van der Waals surface area contributed by atoms with Gasteiger partial charge in [0.2, 0.25) is 0 Å². The van der Waals surface area contributed by atoms with Crippen LogP contribution in [0, 0.1) is 24.2 Å². The Balaban J connectivity index is 1.91. The first-order valence-electron chi connectivity index (χ1n) is 11.4. The minimum absolute atomic E-state index is 0.0953. The van der Waals surface area contributed by atoms with E-state index in [0.717, 1.165) is 16.7 Å². The molecule has 0 radical (unpaired) electrons. The fraction of sp³-hybridized carbons (Fsp3) is 0.680. The maximum atomic E-state index is 12.5. The number of ether oxygens (including phenoxy) is 3. The summed E-state index contributed by atoms with van der Waals surface area (Å²) in [4.78, 5) is 24.0. The van der Waals surface area contributed by atoms with Crippen molar-refractivity contribution in [2.45, 2.75) is 84.2 Å². The number of esters is 1. The number of fused-ring (bicyclic) bond motifs is 3. The highest BCUT2D eigenvalue weighted by atomic mass is 16.5. The summed E-state index contributed by atoms with van der Waals surface area (Å²) in [5, 5.41) is 31.8. The fourth-order valence-corrected chi connectivity index (χ4v) is 7.11. The molecular formula is C25H34O8. The minimum Gasteiger partial charge on any atom is -0.495 e. The summed E-state index contributed by atoms with van der Waals surface area (Å²) in [6, 6.07) is 0. The van der Waals surface area contributed by atoms with E-state index in [2.05, 4.69) is 0 Å². The predicted octanol–water partition coefficient (Wildman–Crippen LogP) is 3.01. The number of aliphatic carboxylic acids is 1. The number of aliphatic hydroxyl groups is 2. The second kappa shape index (κ2) is 7.60. The molecule has 182 valence electrons. The number of carboxylic acids is 1. The number of hydrogen-bond acceptors (Lipinski definition) is 7. The summed E-state index contributed by atoms with van der Waals surface area (Å²) in [7, 11) is 1.51. The van der Waals surface area contributed by atoms with Gasteiger partial charge in [-0.25, -0.2) is 4.79 Å². The molecule has 0 amide bonds. The van der Waals surface area contributed by atoms with Crippen LogP contribution in [-0.4, -0.2) is 51.7 Å². The number of cyclic esters (lactones) is 1. The number of benzene rings is 1. The van der Waals surface area contributed by atoms with Gasteiger partial charge in [0.15, 0.2) is 0 Å². The second-order valence-electron chi connectivity index (χ2n) is 10.9. The van der Waals surface area contributed by atoms with E-state index in [1.807, 2.05) is 20.8 Å². The summed E-state index contributed by atoms with van der Waals surface area (Å²) in [5.41, 5.74) is -0.0651. The number of aliphatic hydroxyl groups excluding tert-OH is 1. The topological polar surface area (TPSA) is 123 Å². The molecule has 1 aromatic carbocycles. The minimum atomic E-state index is -1.24. The molecule has 0 saturated heterocycles. The van der Waals surface area contributed by atoms with Crippen molar-refractivity contribution in [2.24, 2.45) is 17.3 Å². The number of carboxylic acid groups (broad SMARTS) is 1. The molecule has 3 N–H and O–H groups in total. The first kappa shape index (κ1) is 23.8. The zero-order chi connectivity index (χ0) is 24.5. The zero-order valence-electron chi connectivity index (χ0n) is 20.2. The van der Waals surface area contributed by atoms with Gasteiger partial charge in [-0.3, -0.25) is 4.79 Å². The van der Waals surface area contributed by atoms with Crippen molar-refractivity contribution in [1.82, 2.24) is 0 Å². The van der Waals surface area contributed by atoms with Gasteiger partial charge in [0, 0.05) is 35.8 Å². The molecule has 0 aromatic heterocycles. The molecule has 0 unspecified atom stereocenters. The van der Waals surface area contributed by atoms with E-state index < -0.39 is 40.6 Å². The van der Waals surface area contributed by atoms with Crippen molar-refractivity contribution in [3.63, 3.8) is 0 Å². The van der Waals surface area contributed by atoms with Crippen molar-refractivity contribution < 1.29 is 39.1 Å². The van der Waals surface area contributed by atoms with Crippen LogP contribution < -0.4 is 9.47 Å². The lowest BCUT2D eigenvalue weighted by molar-refractivity contribution is -0.213. The van der Waals surface area contributed by atoms with E-state index in [1.54, 1.807) is 13.8 Å². The quantitative estimate of drug-likeness (QED) is 0.571. The Morgan fingerprint density at radius 2 is 1.94 bits per heavy atom. The van der Waals surface area contributed by atoms with Crippen molar-refractivity contribution in [3.8, 4) is 11.5 Å². The van der Waals surface area contributed by atoms with E-state index in [1.165, 1.54) is 7.11 Å². The molecule has 8 heteroatoms. The smallest absolute Gasteiger partial charge is 0.342 e. The van der Waals surface area contributed by atoms with Gasteiger partial charge in [-0.15, -0.1) is 0 Å². The molecule has 0 bridgehead atoms. The third-order valence-corrected chi connectivity index (χ3v) is 8.25. The Hall–Kier alpha value is -2.32. The first-order valence-corrected chi connectivity index (χ1v) is 11.4. The molecule has 33 heavy (non-hydrogen) atoms. The normalized spacial score (nSPS) is 32.8. The number of carbonyl (C=O) groups is 2. The van der Waals surface area contributed by atoms with Gasteiger partial charge in [-0.2, -0.15) is 0 Å². The SMILES string of the molecule is COc1c2c(c(C)c3c1C(=O)OC3)O[C@]1(C)C[C@@H](O)[C@@H](C(C)(C)O)[C@@](C)(CCC(=O)O)[C@@H]1C2. The summed E-state index contributed by atoms with van der Waals surface area (Å²) >= 11 is 0. The van der Waals surface area contributed by atoms with Crippen molar-refractivity contribution in [2.75, 3.05) is 7.11 Å². The van der Waals surface area contributed by atoms with E-state index >= 15 is 0 Å². The Morgan fingerprint density at radius 3 is 2.52 bits per heavy atom. The summed E-state index contributed by atoms with van der Waals surface area (Å²) in [5.74, 6) is -1.10. The van der Waals surface area contributed by atoms with Crippen LogP contribution in [0.5, 0.6) is 11.5 Å². The lowest BCUT2D eigenvalue weighted by Gasteiger charge is -2.61. The lowest BCUT2D eigenvalue weighted by atomic mass is 9.48. The monoisotopic (exact) mass is 462 g/mol. The molecule has 5 atom stereocenters. The average molecular weight is 463 g/mol. The summed E-state index contributed by atoms with van der Waals surface area (Å²) in [6.07, 6.45) is 0.0469. The van der Waals surface area contributed by atoms with Crippen LogP contribution in [0.4, 0.5) is 0 Å². The van der Waals surface area contributed by atoms with E-state index in [4.69, 9.17) is 14.2 Å². The summed E-state index contributed by atoms with van der Waals surface area (Å²) < 4.78 is 17.6. The van der Waals surface area contributed by atoms with Crippen LogP contribution in [0.15, 0.2) is 0 Å². The van der Waals surface area contributed by atoms with Crippen molar-refractivity contribution in [1.29, 1.82) is 0 Å². The molecule has 8 nitrogen and oxygen atoms in total. The standard InChI is InChI=1S/C25H34O8/c1-12-14-11-32-22(29)18(14)20(31-6)13-9-16-24(4,8-7-17(27)28)21(23(2,3)30)15(26)10-25(16,5)33-19(12)13/h15-16,21,26,30H,7-11H2,1-6H3,(H,27,28)/t15-,16+,21+,24+,25-/m1/s1. The molecule has 2 heterocycles. The first-order chi connectivity index (χ1) is 15.2. The van der Waals surface area contributed by atoms with Crippen LogP contribution in [-0.2, 0) is 22.6 Å². The third kappa shape index (κ3) is 3.49. The van der Waals surface area contributed by atoms with Gasteiger partial charge in [-0.1, -0.05) is 6.92 Å². The molecule has 1 fully saturated rings. The highest BCUT2D eigenvalue weighted by molar-refractivity contribution is 5.98. The Labute approximate surface area is 193 Å². The van der Waals surface area contributed by atoms with Gasteiger partial charge in [0.05, 0.1) is 18.8 Å². The highest BCUT2D eigenvalue weighted by Crippen LogP contribution is 2.61. The molecule has 1 aromatic rings. The molecule has 1 aliphatic carbocycles. The largest absolute Gasteiger partial charge is 0.495 e. The predicted molar refractivity (Wildman–Crippen MR) is 118 cm³/mol. The second-order valence-corrected chi connectivity index (χ2v) is 10.9. The van der Waals surface area contributed by atoms with Crippen LogP contribution in [0.1, 0.15) is 74.0 Å². The van der Waals surface area contributed by atoms with E-state index in [-0.39, 0.29) is 25.4 Å². The van der Waals surface area contributed by atoms with E-state index in [9.17, 15) is 24.9 Å².